The summed E-state index contributed by atoms with van der Waals surface area (Å²) in [4.78, 5) is 10.8. The van der Waals surface area contributed by atoms with Crippen LogP contribution in [0.1, 0.15) is 48.3 Å². The van der Waals surface area contributed by atoms with Crippen molar-refractivity contribution in [2.45, 2.75) is 54.8 Å². The third-order valence-electron chi connectivity index (χ3n) is 10.5. The quantitative estimate of drug-likeness (QED) is 0.148. The number of alkyl halides is 3. The molecule has 1 saturated carbocycles. The van der Waals surface area contributed by atoms with Gasteiger partial charge in [0.1, 0.15) is 35.3 Å². The van der Waals surface area contributed by atoms with Gasteiger partial charge in [0.2, 0.25) is 0 Å². The molecule has 1 aromatic heterocycles. The molecule has 2 heterocycles. The molecule has 52 heavy (non-hydrogen) atoms. The molecular formula is C37H40F5N5O4S. The number of halogens is 5. The number of hydrogen-bond donors (Lipinski definition) is 0. The first-order valence-corrected chi connectivity index (χ1v) is 18.2. The Morgan fingerprint density at radius 3 is 2.33 bits per heavy atom. The summed E-state index contributed by atoms with van der Waals surface area (Å²) in [6.45, 7) is 0.511. The number of sulfonamides is 1. The minimum atomic E-state index is -4.88. The van der Waals surface area contributed by atoms with Crippen molar-refractivity contribution >= 4 is 21.5 Å². The largest absolute Gasteiger partial charge is 0.497 e. The van der Waals surface area contributed by atoms with Crippen LogP contribution < -0.4 is 18.7 Å². The monoisotopic (exact) mass is 745 g/mol. The fraction of sp³-hybridized carbons (Fsp3) is 0.405. The Morgan fingerprint density at radius 2 is 1.71 bits per heavy atom. The first kappa shape index (κ1) is 37.3. The third-order valence-corrected chi connectivity index (χ3v) is 12.3. The van der Waals surface area contributed by atoms with E-state index in [-0.39, 0.29) is 29.9 Å². The van der Waals surface area contributed by atoms with Crippen molar-refractivity contribution in [3.63, 3.8) is 0 Å². The van der Waals surface area contributed by atoms with Crippen molar-refractivity contribution in [2.75, 3.05) is 50.6 Å². The SMILES string of the molecule is COc1ccc(CN(c2ccncn2)S(=O)(=O)c2c(F)cc(N3CCC[C@](C4CC(c5cccc(C(F)(F)F)c5)C4)(N(C)C)C3)cc2F)c(OC)c1. The van der Waals surface area contributed by atoms with E-state index in [0.29, 0.717) is 55.0 Å². The van der Waals surface area contributed by atoms with Gasteiger partial charge in [-0.3, -0.25) is 0 Å². The van der Waals surface area contributed by atoms with Crippen LogP contribution in [-0.4, -0.2) is 70.2 Å². The fourth-order valence-corrected chi connectivity index (χ4v) is 9.08. The van der Waals surface area contributed by atoms with Gasteiger partial charge in [-0.15, -0.1) is 0 Å². The van der Waals surface area contributed by atoms with Gasteiger partial charge in [0.15, 0.2) is 4.90 Å². The summed E-state index contributed by atoms with van der Waals surface area (Å²) < 4.78 is 112. The molecule has 0 unspecified atom stereocenters. The highest BCUT2D eigenvalue weighted by molar-refractivity contribution is 7.92. The number of piperidine rings is 1. The smallest absolute Gasteiger partial charge is 0.416 e. The highest BCUT2D eigenvalue weighted by atomic mass is 32.2. The standard InChI is InChI=1S/C37H40F5N5O4S/c1-45(2)36(28-16-26(17-28)24-7-5-8-27(15-24)37(40,41)42)12-6-14-46(22-36)29-18-31(38)35(32(39)19-29)52(48,49)47(34-11-13-43-23-44-34)21-25-9-10-30(50-3)20-33(25)51-4/h5,7-11,13,15,18-20,23,26,28H,6,12,14,16-17,21-22H2,1-4H3/t26?,28?,36-/m0/s1. The zero-order valence-electron chi connectivity index (χ0n) is 29.2. The van der Waals surface area contributed by atoms with Gasteiger partial charge in [-0.25, -0.2) is 31.5 Å². The number of methoxy groups -OCH3 is 2. The first-order valence-electron chi connectivity index (χ1n) is 16.8. The number of anilines is 2. The number of aromatic nitrogens is 2. The molecule has 1 saturated heterocycles. The molecule has 0 spiro atoms. The van der Waals surface area contributed by atoms with E-state index >= 15 is 8.78 Å². The van der Waals surface area contributed by atoms with Gasteiger partial charge in [-0.05, 0) is 87.5 Å². The highest BCUT2D eigenvalue weighted by Crippen LogP contribution is 2.52. The zero-order valence-corrected chi connectivity index (χ0v) is 30.0. The molecule has 0 N–H and O–H groups in total. The number of ether oxygens (including phenoxy) is 2. The normalized spacial score (nSPS) is 20.8. The van der Waals surface area contributed by atoms with Gasteiger partial charge >= 0.3 is 6.18 Å². The van der Waals surface area contributed by atoms with Gasteiger partial charge in [-0.1, -0.05) is 18.2 Å². The van der Waals surface area contributed by atoms with Gasteiger partial charge in [0.05, 0.1) is 26.3 Å². The summed E-state index contributed by atoms with van der Waals surface area (Å²) in [6.07, 6.45) is 0.856. The summed E-state index contributed by atoms with van der Waals surface area (Å²) >= 11 is 0. The molecule has 4 aromatic rings. The fourth-order valence-electron chi connectivity index (χ4n) is 7.59. The van der Waals surface area contributed by atoms with Crippen molar-refractivity contribution < 1.29 is 39.8 Å². The molecule has 15 heteroatoms. The van der Waals surface area contributed by atoms with E-state index in [1.165, 1.54) is 38.6 Å². The number of rotatable bonds is 11. The Kier molecular flexibility index (Phi) is 10.4. The van der Waals surface area contributed by atoms with Crippen molar-refractivity contribution in [3.8, 4) is 11.5 Å². The van der Waals surface area contributed by atoms with Gasteiger partial charge in [-0.2, -0.15) is 13.2 Å². The van der Waals surface area contributed by atoms with Crippen LogP contribution in [0.3, 0.4) is 0 Å². The predicted molar refractivity (Wildman–Crippen MR) is 186 cm³/mol. The number of benzene rings is 3. The number of nitrogens with zero attached hydrogens (tertiary/aromatic N) is 5. The summed E-state index contributed by atoms with van der Waals surface area (Å²) in [7, 11) is 1.88. The second kappa shape index (κ2) is 14.5. The van der Waals surface area contributed by atoms with Crippen LogP contribution >= 0.6 is 0 Å². The lowest BCUT2D eigenvalue weighted by atomic mass is 9.60. The molecule has 1 atom stereocenters. The Bertz CT molecular complexity index is 1990. The van der Waals surface area contributed by atoms with E-state index < -0.39 is 43.8 Å². The predicted octanol–water partition coefficient (Wildman–Crippen LogP) is 7.28. The maximum absolute atomic E-state index is 16.1. The average Bonchev–Trinajstić information content (AvgIpc) is 3.09. The van der Waals surface area contributed by atoms with Crippen molar-refractivity contribution in [2.24, 2.45) is 5.92 Å². The maximum atomic E-state index is 16.1. The topological polar surface area (TPSA) is 88.1 Å². The van der Waals surface area contributed by atoms with Crippen molar-refractivity contribution in [3.05, 3.63) is 102 Å². The first-order chi connectivity index (χ1) is 24.7. The van der Waals surface area contributed by atoms with E-state index in [2.05, 4.69) is 14.9 Å². The zero-order chi connectivity index (χ0) is 37.4. The molecule has 0 bridgehead atoms. The van der Waals surface area contributed by atoms with Crippen LogP contribution in [0.5, 0.6) is 11.5 Å². The molecule has 6 rings (SSSR count). The van der Waals surface area contributed by atoms with Crippen LogP contribution in [0.25, 0.3) is 0 Å². The molecule has 3 aromatic carbocycles. The lowest BCUT2D eigenvalue weighted by molar-refractivity contribution is -0.137. The minimum absolute atomic E-state index is 0.0328. The van der Waals surface area contributed by atoms with Gasteiger partial charge in [0.25, 0.3) is 10.0 Å². The molecule has 0 radical (unpaired) electrons. The van der Waals surface area contributed by atoms with Gasteiger partial charge in [0, 0.05) is 48.2 Å². The second-order valence-corrected chi connectivity index (χ2v) is 15.3. The maximum Gasteiger partial charge on any atom is 0.416 e. The van der Waals surface area contributed by atoms with E-state index in [1.807, 2.05) is 19.0 Å². The van der Waals surface area contributed by atoms with Gasteiger partial charge < -0.3 is 19.3 Å². The molecule has 1 aliphatic carbocycles. The lowest BCUT2D eigenvalue weighted by Crippen LogP contribution is -2.62. The number of hydrogen-bond acceptors (Lipinski definition) is 8. The summed E-state index contributed by atoms with van der Waals surface area (Å²) in [6, 6.07) is 13.6. The second-order valence-electron chi connectivity index (χ2n) is 13.5. The summed E-state index contributed by atoms with van der Waals surface area (Å²) in [5.41, 5.74) is 0.140. The van der Waals surface area contributed by atoms with E-state index in [0.717, 1.165) is 35.3 Å². The van der Waals surface area contributed by atoms with E-state index in [9.17, 15) is 21.6 Å². The third kappa shape index (κ3) is 7.12. The van der Waals surface area contributed by atoms with Crippen LogP contribution in [-0.2, 0) is 22.7 Å². The van der Waals surface area contributed by atoms with Crippen LogP contribution in [0, 0.1) is 17.6 Å². The van der Waals surface area contributed by atoms with E-state index in [1.54, 1.807) is 24.3 Å². The summed E-state index contributed by atoms with van der Waals surface area (Å²) in [5, 5.41) is 0. The molecule has 0 amide bonds. The highest BCUT2D eigenvalue weighted by Gasteiger charge is 2.50. The molecule has 2 aliphatic rings. The molecule has 278 valence electrons. The van der Waals surface area contributed by atoms with E-state index in [4.69, 9.17) is 9.47 Å². The Hall–Kier alpha value is -4.50. The van der Waals surface area contributed by atoms with Crippen molar-refractivity contribution in [1.29, 1.82) is 0 Å². The molecule has 1 aliphatic heterocycles. The number of likely N-dealkylation sites (N-methyl/N-ethyl adjacent to an activating group) is 1. The lowest BCUT2D eigenvalue weighted by Gasteiger charge is -2.57. The summed E-state index contributed by atoms with van der Waals surface area (Å²) in [5.74, 6) is -1.77. The molecule has 2 fully saturated rings. The Labute approximate surface area is 300 Å². The molecular weight excluding hydrogens is 705 g/mol. The van der Waals surface area contributed by atoms with Crippen molar-refractivity contribution in [1.82, 2.24) is 14.9 Å². The van der Waals surface area contributed by atoms with Crippen LogP contribution in [0.4, 0.5) is 33.5 Å². The average molecular weight is 746 g/mol. The Morgan fingerprint density at radius 1 is 0.981 bits per heavy atom. The van der Waals surface area contributed by atoms with Crippen LogP contribution in [0.2, 0.25) is 0 Å². The van der Waals surface area contributed by atoms with Crippen LogP contribution in [0.15, 0.2) is 78.1 Å². The minimum Gasteiger partial charge on any atom is -0.497 e. The Balaban J connectivity index is 1.27. The molecule has 9 nitrogen and oxygen atoms in total.